The van der Waals surface area contributed by atoms with Gasteiger partial charge in [-0.1, -0.05) is 30.7 Å². The molecule has 1 aromatic carbocycles. The quantitative estimate of drug-likeness (QED) is 0.817. The number of anilines is 1. The third kappa shape index (κ3) is 2.74. The highest BCUT2D eigenvalue weighted by Gasteiger charge is 2.20. The molecule has 1 aliphatic rings. The minimum atomic E-state index is 0.624. The van der Waals surface area contributed by atoms with Crippen LogP contribution in [0.4, 0.5) is 5.82 Å². The van der Waals surface area contributed by atoms with Crippen molar-refractivity contribution in [2.45, 2.75) is 6.92 Å². The molecule has 3 rings (SSSR count). The standard InChI is InChI=1S/C16H18ClN3O/c1-2-19-6-8-20(9-7-19)16-13(11-21)10-12-4-3-5-14(17)15(12)18-16/h3-5,10-11H,2,6-9H2,1H3. The molecule has 4 nitrogen and oxygen atoms in total. The summed E-state index contributed by atoms with van der Waals surface area (Å²) < 4.78 is 0. The van der Waals surface area contributed by atoms with Crippen LogP contribution in [0.2, 0.25) is 5.02 Å². The van der Waals surface area contributed by atoms with Gasteiger partial charge < -0.3 is 9.80 Å². The first kappa shape index (κ1) is 14.3. The van der Waals surface area contributed by atoms with Crippen molar-refractivity contribution in [1.29, 1.82) is 0 Å². The van der Waals surface area contributed by atoms with E-state index in [0.717, 1.165) is 55.7 Å². The maximum Gasteiger partial charge on any atom is 0.153 e. The topological polar surface area (TPSA) is 36.4 Å². The van der Waals surface area contributed by atoms with Crippen molar-refractivity contribution in [3.8, 4) is 0 Å². The van der Waals surface area contributed by atoms with Gasteiger partial charge in [0, 0.05) is 31.6 Å². The number of hydrogen-bond donors (Lipinski definition) is 0. The van der Waals surface area contributed by atoms with Gasteiger partial charge in [-0.05, 0) is 18.7 Å². The summed E-state index contributed by atoms with van der Waals surface area (Å²) in [6, 6.07) is 7.51. The van der Waals surface area contributed by atoms with E-state index in [2.05, 4.69) is 21.7 Å². The maximum atomic E-state index is 11.4. The third-order valence-electron chi connectivity index (χ3n) is 4.05. The van der Waals surface area contributed by atoms with E-state index in [1.165, 1.54) is 0 Å². The molecular formula is C16H18ClN3O. The fraction of sp³-hybridized carbons (Fsp3) is 0.375. The van der Waals surface area contributed by atoms with Crippen LogP contribution in [0.5, 0.6) is 0 Å². The van der Waals surface area contributed by atoms with E-state index in [-0.39, 0.29) is 0 Å². The van der Waals surface area contributed by atoms with Gasteiger partial charge in [-0.15, -0.1) is 0 Å². The zero-order chi connectivity index (χ0) is 14.8. The van der Waals surface area contributed by atoms with Crippen LogP contribution in [0.25, 0.3) is 10.9 Å². The van der Waals surface area contributed by atoms with Crippen molar-refractivity contribution < 1.29 is 4.79 Å². The summed E-state index contributed by atoms with van der Waals surface area (Å²) in [7, 11) is 0. The molecule has 0 spiro atoms. The van der Waals surface area contributed by atoms with Gasteiger partial charge in [0.25, 0.3) is 0 Å². The molecule has 2 heterocycles. The fourth-order valence-corrected chi connectivity index (χ4v) is 3.01. The largest absolute Gasteiger partial charge is 0.353 e. The summed E-state index contributed by atoms with van der Waals surface area (Å²) in [5.74, 6) is 0.751. The molecule has 1 aliphatic heterocycles. The first-order valence-electron chi connectivity index (χ1n) is 7.24. The van der Waals surface area contributed by atoms with Crippen molar-refractivity contribution in [3.63, 3.8) is 0 Å². The Hall–Kier alpha value is -1.65. The molecule has 0 aliphatic carbocycles. The number of likely N-dealkylation sites (N-methyl/N-ethyl adjacent to an activating group) is 1. The average molecular weight is 304 g/mol. The van der Waals surface area contributed by atoms with E-state index in [4.69, 9.17) is 11.6 Å². The van der Waals surface area contributed by atoms with Crippen LogP contribution in [0.3, 0.4) is 0 Å². The Bertz CT molecular complexity index is 666. The number of carbonyl (C=O) groups is 1. The molecule has 0 unspecified atom stereocenters. The highest BCUT2D eigenvalue weighted by Crippen LogP contribution is 2.27. The Morgan fingerprint density at radius 1 is 1.29 bits per heavy atom. The zero-order valence-electron chi connectivity index (χ0n) is 12.1. The molecule has 0 atom stereocenters. The molecular weight excluding hydrogens is 286 g/mol. The Balaban J connectivity index is 2.01. The van der Waals surface area contributed by atoms with E-state index in [1.54, 1.807) is 0 Å². The second kappa shape index (κ2) is 6.00. The highest BCUT2D eigenvalue weighted by molar-refractivity contribution is 6.35. The van der Waals surface area contributed by atoms with Crippen molar-refractivity contribution in [1.82, 2.24) is 9.88 Å². The number of pyridine rings is 1. The summed E-state index contributed by atoms with van der Waals surface area (Å²) in [6.45, 7) is 7.00. The minimum absolute atomic E-state index is 0.624. The number of para-hydroxylation sites is 1. The van der Waals surface area contributed by atoms with Crippen LogP contribution in [0, 0.1) is 0 Å². The summed E-state index contributed by atoms with van der Waals surface area (Å²) in [5.41, 5.74) is 1.40. The molecule has 1 aromatic heterocycles. The Labute approximate surface area is 129 Å². The van der Waals surface area contributed by atoms with Gasteiger partial charge in [-0.2, -0.15) is 0 Å². The SMILES string of the molecule is CCN1CCN(c2nc3c(Cl)cccc3cc2C=O)CC1. The molecule has 0 radical (unpaired) electrons. The van der Waals surface area contributed by atoms with Gasteiger partial charge in [0.15, 0.2) is 6.29 Å². The monoisotopic (exact) mass is 303 g/mol. The lowest BCUT2D eigenvalue weighted by Crippen LogP contribution is -2.46. The second-order valence-corrected chi connectivity index (χ2v) is 5.66. The normalized spacial score (nSPS) is 16.4. The number of nitrogens with zero attached hydrogens (tertiary/aromatic N) is 3. The lowest BCUT2D eigenvalue weighted by molar-refractivity contribution is 0.112. The van der Waals surface area contributed by atoms with Crippen LogP contribution >= 0.6 is 11.6 Å². The summed E-state index contributed by atoms with van der Waals surface area (Å²) in [6.07, 6.45) is 0.884. The lowest BCUT2D eigenvalue weighted by Gasteiger charge is -2.35. The van der Waals surface area contributed by atoms with Gasteiger partial charge >= 0.3 is 0 Å². The molecule has 21 heavy (non-hydrogen) atoms. The Kier molecular flexibility index (Phi) is 4.08. The number of halogens is 1. The first-order chi connectivity index (χ1) is 10.2. The summed E-state index contributed by atoms with van der Waals surface area (Å²) in [5, 5.41) is 1.53. The van der Waals surface area contributed by atoms with Crippen molar-refractivity contribution in [3.05, 3.63) is 34.9 Å². The predicted octanol–water partition coefficient (Wildman–Crippen LogP) is 2.84. The molecule has 0 N–H and O–H groups in total. The fourth-order valence-electron chi connectivity index (χ4n) is 2.78. The number of aromatic nitrogens is 1. The molecule has 5 heteroatoms. The maximum absolute atomic E-state index is 11.4. The number of carbonyl (C=O) groups excluding carboxylic acids is 1. The number of benzene rings is 1. The molecule has 110 valence electrons. The molecule has 0 amide bonds. The van der Waals surface area contributed by atoms with Crippen LogP contribution in [0.1, 0.15) is 17.3 Å². The second-order valence-electron chi connectivity index (χ2n) is 5.25. The number of aldehydes is 1. The first-order valence-corrected chi connectivity index (χ1v) is 7.62. The van der Waals surface area contributed by atoms with Gasteiger partial charge in [-0.25, -0.2) is 4.98 Å². The smallest absolute Gasteiger partial charge is 0.153 e. The van der Waals surface area contributed by atoms with Crippen molar-refractivity contribution >= 4 is 34.6 Å². The average Bonchev–Trinajstić information content (AvgIpc) is 2.54. The van der Waals surface area contributed by atoms with Gasteiger partial charge in [0.05, 0.1) is 16.1 Å². The van der Waals surface area contributed by atoms with Gasteiger partial charge in [0.2, 0.25) is 0 Å². The van der Waals surface area contributed by atoms with E-state index >= 15 is 0 Å². The Morgan fingerprint density at radius 3 is 2.71 bits per heavy atom. The number of rotatable bonds is 3. The van der Waals surface area contributed by atoms with Crippen LogP contribution < -0.4 is 4.90 Å². The van der Waals surface area contributed by atoms with E-state index in [0.29, 0.717) is 10.6 Å². The van der Waals surface area contributed by atoms with Crippen LogP contribution in [0.15, 0.2) is 24.3 Å². The summed E-state index contributed by atoms with van der Waals surface area (Å²) in [4.78, 5) is 20.6. The van der Waals surface area contributed by atoms with E-state index < -0.39 is 0 Å². The number of hydrogen-bond acceptors (Lipinski definition) is 4. The lowest BCUT2D eigenvalue weighted by atomic mass is 10.1. The van der Waals surface area contributed by atoms with Gasteiger partial charge in [0.1, 0.15) is 5.82 Å². The van der Waals surface area contributed by atoms with E-state index in [1.807, 2.05) is 24.3 Å². The zero-order valence-corrected chi connectivity index (χ0v) is 12.8. The van der Waals surface area contributed by atoms with Crippen LogP contribution in [-0.4, -0.2) is 48.9 Å². The molecule has 1 saturated heterocycles. The van der Waals surface area contributed by atoms with Crippen molar-refractivity contribution in [2.24, 2.45) is 0 Å². The number of fused-ring (bicyclic) bond motifs is 1. The van der Waals surface area contributed by atoms with Crippen molar-refractivity contribution in [2.75, 3.05) is 37.6 Å². The predicted molar refractivity (Wildman–Crippen MR) is 86.5 cm³/mol. The van der Waals surface area contributed by atoms with Crippen LogP contribution in [-0.2, 0) is 0 Å². The Morgan fingerprint density at radius 2 is 2.05 bits per heavy atom. The molecule has 1 fully saturated rings. The summed E-state index contributed by atoms with van der Waals surface area (Å²) >= 11 is 6.23. The molecule has 0 saturated carbocycles. The molecule has 0 bridgehead atoms. The molecule has 2 aromatic rings. The number of piperazine rings is 1. The highest BCUT2D eigenvalue weighted by atomic mass is 35.5. The third-order valence-corrected chi connectivity index (χ3v) is 4.36. The minimum Gasteiger partial charge on any atom is -0.353 e. The van der Waals surface area contributed by atoms with E-state index in [9.17, 15) is 4.79 Å². The van der Waals surface area contributed by atoms with Gasteiger partial charge in [-0.3, -0.25) is 4.79 Å².